The van der Waals surface area contributed by atoms with Crippen molar-refractivity contribution in [1.82, 2.24) is 15.4 Å². The van der Waals surface area contributed by atoms with Crippen LogP contribution in [0.15, 0.2) is 29.2 Å². The summed E-state index contributed by atoms with van der Waals surface area (Å²) < 4.78 is 39.7. The van der Waals surface area contributed by atoms with Crippen molar-refractivity contribution in [3.63, 3.8) is 0 Å². The van der Waals surface area contributed by atoms with Crippen molar-refractivity contribution in [3.8, 4) is 0 Å². The van der Waals surface area contributed by atoms with Gasteiger partial charge >= 0.3 is 0 Å². The van der Waals surface area contributed by atoms with E-state index in [1.807, 2.05) is 0 Å². The van der Waals surface area contributed by atoms with Gasteiger partial charge in [-0.15, -0.1) is 0 Å². The van der Waals surface area contributed by atoms with Gasteiger partial charge in [0.2, 0.25) is 15.9 Å². The predicted molar refractivity (Wildman–Crippen MR) is 89.4 cm³/mol. The summed E-state index contributed by atoms with van der Waals surface area (Å²) in [6.45, 7) is 2.57. The number of piperidine rings is 1. The molecule has 0 saturated carbocycles. The predicted octanol–water partition coefficient (Wildman–Crippen LogP) is 1.000. The third kappa shape index (κ3) is 5.85. The van der Waals surface area contributed by atoms with Crippen molar-refractivity contribution < 1.29 is 17.6 Å². The number of hydrogen-bond donors (Lipinski definition) is 3. The third-order valence-electron chi connectivity index (χ3n) is 4.04. The van der Waals surface area contributed by atoms with Crippen LogP contribution in [0.3, 0.4) is 0 Å². The SMILES string of the molecule is O=C(CCNS(=O)(=O)c1ccccc1F)NCCC1CCCNC1. The lowest BCUT2D eigenvalue weighted by atomic mass is 9.96. The Hall–Kier alpha value is -1.51. The second-order valence-electron chi connectivity index (χ2n) is 5.93. The van der Waals surface area contributed by atoms with E-state index in [-0.39, 0.29) is 18.9 Å². The molecule has 134 valence electrons. The smallest absolute Gasteiger partial charge is 0.243 e. The first-order chi connectivity index (χ1) is 11.5. The van der Waals surface area contributed by atoms with Crippen LogP contribution in [0.2, 0.25) is 0 Å². The van der Waals surface area contributed by atoms with Crippen molar-refractivity contribution in [2.24, 2.45) is 5.92 Å². The summed E-state index contributed by atoms with van der Waals surface area (Å²) >= 11 is 0. The largest absolute Gasteiger partial charge is 0.356 e. The van der Waals surface area contributed by atoms with E-state index in [0.717, 1.165) is 32.0 Å². The Morgan fingerprint density at radius 1 is 1.29 bits per heavy atom. The highest BCUT2D eigenvalue weighted by Crippen LogP contribution is 2.13. The van der Waals surface area contributed by atoms with Gasteiger partial charge < -0.3 is 10.6 Å². The molecular weight excluding hydrogens is 333 g/mol. The number of rotatable bonds is 8. The maximum Gasteiger partial charge on any atom is 0.243 e. The molecule has 0 radical (unpaired) electrons. The minimum absolute atomic E-state index is 0.0244. The molecule has 0 aromatic heterocycles. The number of benzene rings is 1. The lowest BCUT2D eigenvalue weighted by molar-refractivity contribution is -0.120. The average molecular weight is 357 g/mol. The number of amides is 1. The molecule has 1 saturated heterocycles. The highest BCUT2D eigenvalue weighted by atomic mass is 32.2. The average Bonchev–Trinajstić information content (AvgIpc) is 2.56. The van der Waals surface area contributed by atoms with Crippen LogP contribution in [-0.4, -0.2) is 40.5 Å². The monoisotopic (exact) mass is 357 g/mol. The number of carbonyl (C=O) groups excluding carboxylic acids is 1. The lowest BCUT2D eigenvalue weighted by Gasteiger charge is -2.22. The van der Waals surface area contributed by atoms with Crippen LogP contribution in [0.4, 0.5) is 4.39 Å². The van der Waals surface area contributed by atoms with Crippen LogP contribution in [0.5, 0.6) is 0 Å². The maximum absolute atomic E-state index is 13.5. The molecule has 1 aromatic carbocycles. The van der Waals surface area contributed by atoms with Crippen molar-refractivity contribution in [3.05, 3.63) is 30.1 Å². The van der Waals surface area contributed by atoms with E-state index in [2.05, 4.69) is 15.4 Å². The van der Waals surface area contributed by atoms with Gasteiger partial charge in [0.1, 0.15) is 10.7 Å². The van der Waals surface area contributed by atoms with E-state index in [4.69, 9.17) is 0 Å². The Balaban J connectivity index is 1.67. The second-order valence-corrected chi connectivity index (χ2v) is 7.66. The normalized spacial score (nSPS) is 18.3. The Morgan fingerprint density at radius 3 is 2.79 bits per heavy atom. The molecule has 8 heteroatoms. The van der Waals surface area contributed by atoms with Gasteiger partial charge in [-0.1, -0.05) is 12.1 Å². The molecule has 6 nitrogen and oxygen atoms in total. The summed E-state index contributed by atoms with van der Waals surface area (Å²) in [6, 6.07) is 5.14. The van der Waals surface area contributed by atoms with E-state index in [1.54, 1.807) is 0 Å². The molecule has 1 amide bonds. The topological polar surface area (TPSA) is 87.3 Å². The molecule has 3 N–H and O–H groups in total. The third-order valence-corrected chi connectivity index (χ3v) is 5.54. The Morgan fingerprint density at radius 2 is 2.08 bits per heavy atom. The van der Waals surface area contributed by atoms with Crippen molar-refractivity contribution in [1.29, 1.82) is 0 Å². The summed E-state index contributed by atoms with van der Waals surface area (Å²) in [6.07, 6.45) is 3.28. The van der Waals surface area contributed by atoms with E-state index in [1.165, 1.54) is 24.6 Å². The van der Waals surface area contributed by atoms with Crippen molar-refractivity contribution in [2.45, 2.75) is 30.6 Å². The van der Waals surface area contributed by atoms with Gasteiger partial charge in [0.25, 0.3) is 0 Å². The zero-order valence-corrected chi connectivity index (χ0v) is 14.4. The van der Waals surface area contributed by atoms with E-state index in [0.29, 0.717) is 12.5 Å². The molecule has 1 fully saturated rings. The first-order valence-corrected chi connectivity index (χ1v) is 9.69. The zero-order valence-electron chi connectivity index (χ0n) is 13.6. The van der Waals surface area contributed by atoms with Gasteiger partial charge in [-0.25, -0.2) is 17.5 Å². The van der Waals surface area contributed by atoms with Crippen molar-refractivity contribution in [2.75, 3.05) is 26.2 Å². The summed E-state index contributed by atoms with van der Waals surface area (Å²) in [4.78, 5) is 11.3. The van der Waals surface area contributed by atoms with Gasteiger partial charge in [0, 0.05) is 19.5 Å². The Kier molecular flexibility index (Phi) is 7.14. The van der Waals surface area contributed by atoms with Gasteiger partial charge in [0.05, 0.1) is 0 Å². The molecule has 0 spiro atoms. The van der Waals surface area contributed by atoms with Gasteiger partial charge in [0.15, 0.2) is 0 Å². The summed E-state index contributed by atoms with van der Waals surface area (Å²) in [5.41, 5.74) is 0. The molecule has 0 aliphatic carbocycles. The van der Waals surface area contributed by atoms with Gasteiger partial charge in [-0.05, 0) is 50.4 Å². The fraction of sp³-hybridized carbons (Fsp3) is 0.562. The molecule has 2 rings (SSSR count). The minimum atomic E-state index is -3.94. The van der Waals surface area contributed by atoms with E-state index < -0.39 is 20.7 Å². The molecular formula is C16H24FN3O3S. The van der Waals surface area contributed by atoms with Gasteiger partial charge in [-0.3, -0.25) is 4.79 Å². The quantitative estimate of drug-likeness (QED) is 0.648. The fourth-order valence-corrected chi connectivity index (χ4v) is 3.82. The standard InChI is InChI=1S/C16H24FN3O3S/c17-14-5-1-2-6-15(14)24(22,23)20-11-8-16(21)19-10-7-13-4-3-9-18-12-13/h1-2,5-6,13,18,20H,3-4,7-12H2,(H,19,21). The molecule has 1 aliphatic rings. The lowest BCUT2D eigenvalue weighted by Crippen LogP contribution is -2.34. The molecule has 1 unspecified atom stereocenters. The summed E-state index contributed by atoms with van der Waals surface area (Å²) in [5, 5.41) is 6.12. The van der Waals surface area contributed by atoms with Crippen LogP contribution >= 0.6 is 0 Å². The summed E-state index contributed by atoms with van der Waals surface area (Å²) in [7, 11) is -3.94. The number of halogens is 1. The van der Waals surface area contributed by atoms with E-state index >= 15 is 0 Å². The Bertz CT molecular complexity index is 646. The molecule has 1 aromatic rings. The van der Waals surface area contributed by atoms with Crippen LogP contribution < -0.4 is 15.4 Å². The molecule has 24 heavy (non-hydrogen) atoms. The van der Waals surface area contributed by atoms with E-state index in [9.17, 15) is 17.6 Å². The second kappa shape index (κ2) is 9.10. The maximum atomic E-state index is 13.5. The van der Waals surface area contributed by atoms with Crippen LogP contribution in [0, 0.1) is 11.7 Å². The van der Waals surface area contributed by atoms with Crippen LogP contribution in [0.1, 0.15) is 25.7 Å². The van der Waals surface area contributed by atoms with Crippen LogP contribution in [0.25, 0.3) is 0 Å². The first kappa shape index (κ1) is 18.8. The highest BCUT2D eigenvalue weighted by molar-refractivity contribution is 7.89. The highest BCUT2D eigenvalue weighted by Gasteiger charge is 2.18. The van der Waals surface area contributed by atoms with Crippen molar-refractivity contribution >= 4 is 15.9 Å². The van der Waals surface area contributed by atoms with Crippen LogP contribution in [-0.2, 0) is 14.8 Å². The Labute approximate surface area is 142 Å². The minimum Gasteiger partial charge on any atom is -0.356 e. The number of nitrogens with one attached hydrogen (secondary N) is 3. The zero-order chi connectivity index (χ0) is 17.4. The fourth-order valence-electron chi connectivity index (χ4n) is 2.71. The first-order valence-electron chi connectivity index (χ1n) is 8.20. The number of sulfonamides is 1. The molecule has 1 aliphatic heterocycles. The molecule has 0 bridgehead atoms. The van der Waals surface area contributed by atoms with Gasteiger partial charge in [-0.2, -0.15) is 0 Å². The number of carbonyl (C=O) groups is 1. The molecule has 1 atom stereocenters. The summed E-state index contributed by atoms with van der Waals surface area (Å²) in [5.74, 6) is -0.441. The number of hydrogen-bond acceptors (Lipinski definition) is 4. The molecule has 1 heterocycles.